The largest absolute Gasteiger partial charge is 0.458 e. The van der Waals surface area contributed by atoms with Crippen molar-refractivity contribution in [2.45, 2.75) is 99.9 Å². The zero-order chi connectivity index (χ0) is 26.5. The standard InChI is InChI=1S/C27H35BrO9/c1-15(28)13-19(35-27(33)16-5-3-2-4-6-16)8-7-17(30)14-21-22(31)25-26(37-21)23(32)24-20(36-25)10-9-18(34-24)11-12-29/h2-6,18-26,29,31-32H,1,7-14H2/t18?,19-,20?,21+,22-,23?,24-,25-,26-/m0/s1. The average molecular weight is 583 g/mol. The Labute approximate surface area is 224 Å². The summed E-state index contributed by atoms with van der Waals surface area (Å²) in [7, 11) is 0. The molecule has 0 radical (unpaired) electrons. The van der Waals surface area contributed by atoms with E-state index in [-0.39, 0.29) is 37.4 Å². The maximum atomic E-state index is 12.8. The Balaban J connectivity index is 1.30. The summed E-state index contributed by atoms with van der Waals surface area (Å²) in [5, 5.41) is 31.0. The van der Waals surface area contributed by atoms with E-state index in [4.69, 9.17) is 18.9 Å². The Morgan fingerprint density at radius 2 is 1.78 bits per heavy atom. The molecule has 0 saturated carbocycles. The molecule has 0 spiro atoms. The van der Waals surface area contributed by atoms with Crippen LogP contribution in [0.2, 0.25) is 0 Å². The number of aliphatic hydroxyl groups is 3. The molecule has 4 rings (SSSR count). The summed E-state index contributed by atoms with van der Waals surface area (Å²) in [5.41, 5.74) is 0.426. The van der Waals surface area contributed by atoms with Crippen molar-refractivity contribution in [3.63, 3.8) is 0 Å². The smallest absolute Gasteiger partial charge is 0.338 e. The Hall–Kier alpha value is -1.66. The van der Waals surface area contributed by atoms with Gasteiger partial charge in [-0.2, -0.15) is 0 Å². The lowest BCUT2D eigenvalue weighted by atomic mass is 9.88. The Morgan fingerprint density at radius 3 is 2.49 bits per heavy atom. The van der Waals surface area contributed by atoms with E-state index < -0.39 is 48.7 Å². The first-order valence-electron chi connectivity index (χ1n) is 12.8. The molecule has 3 aliphatic heterocycles. The molecule has 9 atom stereocenters. The molecule has 10 heteroatoms. The van der Waals surface area contributed by atoms with Gasteiger partial charge in [-0.1, -0.05) is 40.7 Å². The third kappa shape index (κ3) is 7.06. The average Bonchev–Trinajstić information content (AvgIpc) is 3.18. The number of benzene rings is 1. The van der Waals surface area contributed by atoms with Gasteiger partial charge in [-0.15, -0.1) is 0 Å². The van der Waals surface area contributed by atoms with Crippen LogP contribution >= 0.6 is 15.9 Å². The van der Waals surface area contributed by atoms with Crippen molar-refractivity contribution in [1.29, 1.82) is 0 Å². The number of ether oxygens (including phenoxy) is 4. The van der Waals surface area contributed by atoms with Gasteiger partial charge in [0.2, 0.25) is 0 Å². The number of ketones is 1. The number of rotatable bonds is 11. The molecule has 9 nitrogen and oxygen atoms in total. The highest BCUT2D eigenvalue weighted by Crippen LogP contribution is 2.40. The second kappa shape index (κ2) is 12.9. The molecule has 3 saturated heterocycles. The van der Waals surface area contributed by atoms with Gasteiger partial charge in [0.15, 0.2) is 0 Å². The second-order valence-electron chi connectivity index (χ2n) is 9.97. The van der Waals surface area contributed by atoms with Gasteiger partial charge in [-0.3, -0.25) is 4.79 Å². The van der Waals surface area contributed by atoms with Crippen molar-refractivity contribution < 1.29 is 43.9 Å². The predicted molar refractivity (Wildman–Crippen MR) is 136 cm³/mol. The molecule has 1 aromatic rings. The summed E-state index contributed by atoms with van der Waals surface area (Å²) >= 11 is 3.30. The molecule has 1 aromatic carbocycles. The highest BCUT2D eigenvalue weighted by molar-refractivity contribution is 9.11. The third-order valence-electron chi connectivity index (χ3n) is 7.22. The Morgan fingerprint density at radius 1 is 1.05 bits per heavy atom. The van der Waals surface area contributed by atoms with Gasteiger partial charge >= 0.3 is 5.97 Å². The Bertz CT molecular complexity index is 941. The van der Waals surface area contributed by atoms with Crippen molar-refractivity contribution in [2.75, 3.05) is 6.61 Å². The van der Waals surface area contributed by atoms with E-state index >= 15 is 0 Å². The number of carbonyl (C=O) groups excluding carboxylic acids is 2. The first-order valence-corrected chi connectivity index (χ1v) is 13.6. The van der Waals surface area contributed by atoms with Crippen LogP contribution in [0.4, 0.5) is 0 Å². The second-order valence-corrected chi connectivity index (χ2v) is 11.1. The van der Waals surface area contributed by atoms with Crippen molar-refractivity contribution in [3.05, 3.63) is 47.0 Å². The molecular formula is C27H35BrO9. The molecule has 3 heterocycles. The number of fused-ring (bicyclic) bond motifs is 2. The molecule has 37 heavy (non-hydrogen) atoms. The van der Waals surface area contributed by atoms with E-state index in [0.717, 1.165) is 0 Å². The van der Waals surface area contributed by atoms with Crippen LogP contribution in [-0.2, 0) is 23.7 Å². The molecule has 0 amide bonds. The maximum absolute atomic E-state index is 12.8. The normalized spacial score (nSPS) is 33.7. The van der Waals surface area contributed by atoms with Gasteiger partial charge < -0.3 is 34.3 Å². The summed E-state index contributed by atoms with van der Waals surface area (Å²) in [6.07, 6.45) is -3.59. The third-order valence-corrected chi connectivity index (χ3v) is 7.55. The fourth-order valence-corrected chi connectivity index (χ4v) is 5.70. The molecular weight excluding hydrogens is 548 g/mol. The van der Waals surface area contributed by atoms with Gasteiger partial charge in [0.25, 0.3) is 0 Å². The number of aliphatic hydroxyl groups excluding tert-OH is 3. The van der Waals surface area contributed by atoms with Crippen LogP contribution in [0.15, 0.2) is 41.4 Å². The minimum Gasteiger partial charge on any atom is -0.458 e. The van der Waals surface area contributed by atoms with E-state index in [1.54, 1.807) is 24.3 Å². The first kappa shape index (κ1) is 28.4. The molecule has 3 N–H and O–H groups in total. The van der Waals surface area contributed by atoms with Gasteiger partial charge in [0, 0.05) is 25.9 Å². The van der Waals surface area contributed by atoms with Crippen molar-refractivity contribution in [3.8, 4) is 0 Å². The van der Waals surface area contributed by atoms with Crippen molar-refractivity contribution in [1.82, 2.24) is 0 Å². The lowest BCUT2D eigenvalue weighted by Crippen LogP contribution is -2.61. The molecule has 3 unspecified atom stereocenters. The summed E-state index contributed by atoms with van der Waals surface area (Å²) in [4.78, 5) is 25.3. The van der Waals surface area contributed by atoms with Gasteiger partial charge in [0.1, 0.15) is 42.4 Å². The van der Waals surface area contributed by atoms with Crippen LogP contribution < -0.4 is 0 Å². The number of hydrogen-bond donors (Lipinski definition) is 3. The van der Waals surface area contributed by atoms with Crippen LogP contribution in [0.1, 0.15) is 55.3 Å². The summed E-state index contributed by atoms with van der Waals surface area (Å²) in [6.45, 7) is 3.82. The van der Waals surface area contributed by atoms with Crippen molar-refractivity contribution >= 4 is 27.7 Å². The Kier molecular flexibility index (Phi) is 9.90. The maximum Gasteiger partial charge on any atom is 0.338 e. The van der Waals surface area contributed by atoms with Gasteiger partial charge in [0.05, 0.1) is 23.9 Å². The summed E-state index contributed by atoms with van der Waals surface area (Å²) in [5.74, 6) is -0.628. The number of carbonyl (C=O) groups is 2. The molecule has 0 aliphatic carbocycles. The van der Waals surface area contributed by atoms with Gasteiger partial charge in [-0.05, 0) is 42.3 Å². The molecule has 0 aromatic heterocycles. The molecule has 0 bridgehead atoms. The lowest BCUT2D eigenvalue weighted by Gasteiger charge is -2.46. The lowest BCUT2D eigenvalue weighted by molar-refractivity contribution is -0.260. The summed E-state index contributed by atoms with van der Waals surface area (Å²) in [6, 6.07) is 8.63. The predicted octanol–water partition coefficient (Wildman–Crippen LogP) is 2.44. The number of hydrogen-bond acceptors (Lipinski definition) is 9. The van der Waals surface area contributed by atoms with Gasteiger partial charge in [-0.25, -0.2) is 4.79 Å². The van der Waals surface area contributed by atoms with Crippen LogP contribution in [0.25, 0.3) is 0 Å². The van der Waals surface area contributed by atoms with Crippen LogP contribution in [0.5, 0.6) is 0 Å². The van der Waals surface area contributed by atoms with E-state index in [1.807, 2.05) is 6.07 Å². The first-order chi connectivity index (χ1) is 17.8. The zero-order valence-electron chi connectivity index (χ0n) is 20.6. The van der Waals surface area contributed by atoms with E-state index in [1.165, 1.54) is 0 Å². The zero-order valence-corrected chi connectivity index (χ0v) is 22.2. The number of halogens is 1. The molecule has 3 fully saturated rings. The minimum atomic E-state index is -1.06. The van der Waals surface area contributed by atoms with Crippen molar-refractivity contribution in [2.24, 2.45) is 0 Å². The molecule has 3 aliphatic rings. The quantitative estimate of drug-likeness (QED) is 0.336. The van der Waals surface area contributed by atoms with Crippen LogP contribution in [0, 0.1) is 0 Å². The fraction of sp³-hybridized carbons (Fsp3) is 0.630. The van der Waals surface area contributed by atoms with Crippen LogP contribution in [-0.4, -0.2) is 88.6 Å². The van der Waals surface area contributed by atoms with E-state index in [0.29, 0.717) is 42.1 Å². The minimum absolute atomic E-state index is 0.000520. The van der Waals surface area contributed by atoms with Crippen LogP contribution in [0.3, 0.4) is 0 Å². The fourth-order valence-electron chi connectivity index (χ4n) is 5.34. The monoisotopic (exact) mass is 582 g/mol. The summed E-state index contributed by atoms with van der Waals surface area (Å²) < 4.78 is 24.2. The number of Topliss-reactive ketones (excluding diaryl/α,β-unsaturated/α-hetero) is 1. The SMILES string of the molecule is C=C(Br)C[C@H](CCC(=O)C[C@H]1O[C@H]2C(O)[C@H]3OC(CCO)CCC3O[C@H]2[C@H]1O)OC(=O)c1ccccc1. The highest BCUT2D eigenvalue weighted by Gasteiger charge is 2.56. The molecule has 204 valence electrons. The van der Waals surface area contributed by atoms with E-state index in [2.05, 4.69) is 22.5 Å². The topological polar surface area (TPSA) is 132 Å². The van der Waals surface area contributed by atoms with E-state index in [9.17, 15) is 24.9 Å². The number of esters is 1. The highest BCUT2D eigenvalue weighted by atomic mass is 79.9.